The molecular weight excluding hydrogens is 346 g/mol. The normalized spacial score (nSPS) is 28.0. The maximum Gasteiger partial charge on any atom is 0.410 e. The lowest BCUT2D eigenvalue weighted by molar-refractivity contribution is -0.0229. The number of nitrogens with one attached hydrogen (secondary N) is 1. The first kappa shape index (κ1) is 18.3. The molecule has 3 fully saturated rings. The second-order valence-electron chi connectivity index (χ2n) is 9.16. The number of hydrogen-bond donors (Lipinski definition) is 1. The van der Waals surface area contributed by atoms with E-state index in [-0.39, 0.29) is 30.1 Å². The van der Waals surface area contributed by atoms with E-state index in [0.29, 0.717) is 11.6 Å². The van der Waals surface area contributed by atoms with Gasteiger partial charge in [-0.3, -0.25) is 4.79 Å². The maximum absolute atomic E-state index is 12.6. The van der Waals surface area contributed by atoms with E-state index in [1.807, 2.05) is 25.7 Å². The van der Waals surface area contributed by atoms with E-state index in [4.69, 9.17) is 9.26 Å². The van der Waals surface area contributed by atoms with Crippen LogP contribution in [0.5, 0.6) is 0 Å². The van der Waals surface area contributed by atoms with Gasteiger partial charge < -0.3 is 19.5 Å². The molecule has 0 spiro atoms. The van der Waals surface area contributed by atoms with Crippen molar-refractivity contribution < 1.29 is 18.8 Å². The first-order chi connectivity index (χ1) is 12.8. The van der Waals surface area contributed by atoms with Gasteiger partial charge >= 0.3 is 6.09 Å². The lowest BCUT2D eigenvalue weighted by Gasteiger charge is -2.48. The average Bonchev–Trinajstić information content (AvgIpc) is 3.29. The van der Waals surface area contributed by atoms with Gasteiger partial charge in [0.2, 0.25) is 0 Å². The molecule has 3 aliphatic rings. The zero-order chi connectivity index (χ0) is 19.2. The van der Waals surface area contributed by atoms with E-state index in [1.165, 1.54) is 0 Å². The average molecular weight is 375 g/mol. The largest absolute Gasteiger partial charge is 0.444 e. The van der Waals surface area contributed by atoms with Crippen molar-refractivity contribution >= 4 is 12.0 Å². The molecule has 0 aromatic carbocycles. The molecule has 148 valence electrons. The summed E-state index contributed by atoms with van der Waals surface area (Å²) in [6, 6.07) is 2.06. The summed E-state index contributed by atoms with van der Waals surface area (Å²) in [5.41, 5.74) is -0.139. The van der Waals surface area contributed by atoms with Crippen LogP contribution in [0.15, 0.2) is 10.6 Å². The lowest BCUT2D eigenvalue weighted by Crippen LogP contribution is -2.59. The molecule has 7 heteroatoms. The summed E-state index contributed by atoms with van der Waals surface area (Å²) in [5, 5.41) is 7.03. The van der Waals surface area contributed by atoms with Crippen LogP contribution < -0.4 is 5.32 Å². The Morgan fingerprint density at radius 3 is 2.44 bits per heavy atom. The molecule has 4 rings (SSSR count). The second-order valence-corrected chi connectivity index (χ2v) is 9.16. The Kier molecular flexibility index (Phi) is 4.64. The molecular formula is C20H29N3O4. The maximum atomic E-state index is 12.6. The molecule has 3 heterocycles. The second kappa shape index (κ2) is 6.84. The Bertz CT molecular complexity index is 705. The quantitative estimate of drug-likeness (QED) is 0.872. The third kappa shape index (κ3) is 4.12. The summed E-state index contributed by atoms with van der Waals surface area (Å²) in [6.45, 7) is 5.67. The fourth-order valence-electron chi connectivity index (χ4n) is 4.33. The van der Waals surface area contributed by atoms with Crippen molar-refractivity contribution in [1.82, 2.24) is 15.4 Å². The number of amides is 2. The lowest BCUT2D eigenvalue weighted by atomic mass is 9.82. The number of carbonyl (C=O) groups excluding carboxylic acids is 2. The van der Waals surface area contributed by atoms with Gasteiger partial charge in [0.05, 0.1) is 0 Å². The van der Waals surface area contributed by atoms with E-state index in [0.717, 1.165) is 50.7 Å². The van der Waals surface area contributed by atoms with Gasteiger partial charge in [-0.15, -0.1) is 0 Å². The molecule has 1 aliphatic carbocycles. The van der Waals surface area contributed by atoms with Crippen LogP contribution in [-0.2, 0) is 4.74 Å². The number of rotatable bonds is 3. The van der Waals surface area contributed by atoms with Crippen molar-refractivity contribution in [2.75, 3.05) is 0 Å². The molecule has 27 heavy (non-hydrogen) atoms. The van der Waals surface area contributed by atoms with Gasteiger partial charge in [-0.1, -0.05) is 5.16 Å². The summed E-state index contributed by atoms with van der Waals surface area (Å²) in [6.07, 6.45) is 6.54. The summed E-state index contributed by atoms with van der Waals surface area (Å²) >= 11 is 0. The van der Waals surface area contributed by atoms with Crippen LogP contribution in [-0.4, -0.2) is 45.8 Å². The van der Waals surface area contributed by atoms with Crippen molar-refractivity contribution in [3.63, 3.8) is 0 Å². The van der Waals surface area contributed by atoms with Crippen LogP contribution in [0.3, 0.4) is 0 Å². The van der Waals surface area contributed by atoms with E-state index in [2.05, 4.69) is 10.5 Å². The van der Waals surface area contributed by atoms with Crippen LogP contribution in [0.4, 0.5) is 4.79 Å². The van der Waals surface area contributed by atoms with E-state index >= 15 is 0 Å². The van der Waals surface area contributed by atoms with E-state index < -0.39 is 5.60 Å². The Morgan fingerprint density at radius 1 is 1.19 bits per heavy atom. The fraction of sp³-hybridized carbons (Fsp3) is 0.750. The van der Waals surface area contributed by atoms with Gasteiger partial charge in [-0.25, -0.2) is 4.79 Å². The fourth-order valence-corrected chi connectivity index (χ4v) is 4.33. The minimum atomic E-state index is -0.497. The number of piperidine rings is 2. The molecule has 2 bridgehead atoms. The van der Waals surface area contributed by atoms with E-state index in [9.17, 15) is 9.59 Å². The number of nitrogens with zero attached hydrogens (tertiary/aromatic N) is 2. The van der Waals surface area contributed by atoms with Crippen molar-refractivity contribution in [3.05, 3.63) is 17.5 Å². The van der Waals surface area contributed by atoms with Crippen LogP contribution in [0.25, 0.3) is 0 Å². The zero-order valence-corrected chi connectivity index (χ0v) is 16.4. The SMILES string of the molecule is CC(C)(C)OC(=O)N1C2CCC[C@@H]1C[C@@H](NC(=O)c1cc(C3CC3)on1)C2. The van der Waals surface area contributed by atoms with Crippen molar-refractivity contribution in [1.29, 1.82) is 0 Å². The van der Waals surface area contributed by atoms with Gasteiger partial charge in [-0.05, 0) is 65.7 Å². The van der Waals surface area contributed by atoms with Crippen molar-refractivity contribution in [2.24, 2.45) is 0 Å². The molecule has 0 radical (unpaired) electrons. The first-order valence-electron chi connectivity index (χ1n) is 10.1. The molecule has 1 aromatic rings. The van der Waals surface area contributed by atoms with Gasteiger partial charge in [0.25, 0.3) is 5.91 Å². The first-order valence-corrected chi connectivity index (χ1v) is 10.1. The molecule has 7 nitrogen and oxygen atoms in total. The predicted octanol–water partition coefficient (Wildman–Crippen LogP) is 3.60. The molecule has 1 unspecified atom stereocenters. The molecule has 1 N–H and O–H groups in total. The minimum absolute atomic E-state index is 0.0487. The molecule has 3 atom stereocenters. The van der Waals surface area contributed by atoms with Crippen molar-refractivity contribution in [3.8, 4) is 0 Å². The Balaban J connectivity index is 1.38. The molecule has 1 saturated carbocycles. The molecule has 2 aliphatic heterocycles. The number of fused-ring (bicyclic) bond motifs is 2. The zero-order valence-electron chi connectivity index (χ0n) is 16.4. The third-order valence-electron chi connectivity index (χ3n) is 5.65. The summed E-state index contributed by atoms with van der Waals surface area (Å²) < 4.78 is 10.9. The molecule has 2 amide bonds. The highest BCUT2D eigenvalue weighted by atomic mass is 16.6. The van der Waals surface area contributed by atoms with Crippen LogP contribution in [0.1, 0.15) is 87.9 Å². The molecule has 1 aromatic heterocycles. The topological polar surface area (TPSA) is 84.7 Å². The summed E-state index contributed by atoms with van der Waals surface area (Å²) in [5.74, 6) is 1.08. The van der Waals surface area contributed by atoms with Crippen molar-refractivity contribution in [2.45, 2.75) is 95.4 Å². The van der Waals surface area contributed by atoms with Gasteiger partial charge in [0.15, 0.2) is 5.69 Å². The standard InChI is InChI=1S/C20H29N3O4/c1-20(2,3)26-19(25)23-14-5-4-6-15(23)10-13(9-14)21-18(24)16-11-17(27-22-16)12-7-8-12/h11-15H,4-10H2,1-3H3,(H,21,24)/t13-,14-,15?/m1/s1. The van der Waals surface area contributed by atoms with Gasteiger partial charge in [0, 0.05) is 30.1 Å². The van der Waals surface area contributed by atoms with Gasteiger partial charge in [0.1, 0.15) is 11.4 Å². The Labute approximate surface area is 159 Å². The smallest absolute Gasteiger partial charge is 0.410 e. The Hall–Kier alpha value is -2.05. The highest BCUT2D eigenvalue weighted by molar-refractivity contribution is 5.92. The highest BCUT2D eigenvalue weighted by Crippen LogP contribution is 2.40. The van der Waals surface area contributed by atoms with Crippen LogP contribution >= 0.6 is 0 Å². The van der Waals surface area contributed by atoms with Crippen LogP contribution in [0.2, 0.25) is 0 Å². The third-order valence-corrected chi connectivity index (χ3v) is 5.65. The Morgan fingerprint density at radius 2 is 1.85 bits per heavy atom. The van der Waals surface area contributed by atoms with Gasteiger partial charge in [-0.2, -0.15) is 0 Å². The number of ether oxygens (including phenoxy) is 1. The minimum Gasteiger partial charge on any atom is -0.444 e. The number of hydrogen-bond acceptors (Lipinski definition) is 5. The predicted molar refractivity (Wildman–Crippen MR) is 98.5 cm³/mol. The summed E-state index contributed by atoms with van der Waals surface area (Å²) in [4.78, 5) is 27.1. The van der Waals surface area contributed by atoms with E-state index in [1.54, 1.807) is 6.07 Å². The van der Waals surface area contributed by atoms with Crippen LogP contribution in [0, 0.1) is 0 Å². The number of aromatic nitrogens is 1. The number of carbonyl (C=O) groups is 2. The summed E-state index contributed by atoms with van der Waals surface area (Å²) in [7, 11) is 0. The highest BCUT2D eigenvalue weighted by Gasteiger charge is 2.43. The molecule has 2 saturated heterocycles. The monoisotopic (exact) mass is 375 g/mol.